The number of amides is 3. The summed E-state index contributed by atoms with van der Waals surface area (Å²) in [6.07, 6.45) is 1.52. The summed E-state index contributed by atoms with van der Waals surface area (Å²) in [7, 11) is 0. The third kappa shape index (κ3) is 3.30. The van der Waals surface area contributed by atoms with E-state index in [-0.39, 0.29) is 13.1 Å². The summed E-state index contributed by atoms with van der Waals surface area (Å²) in [6, 6.07) is -2.28. The van der Waals surface area contributed by atoms with Gasteiger partial charge in [-0.25, -0.2) is 14.6 Å². The Morgan fingerprint density at radius 2 is 2.33 bits per heavy atom. The topological polar surface area (TPSA) is 125 Å². The van der Waals surface area contributed by atoms with Crippen molar-refractivity contribution in [2.24, 2.45) is 0 Å². The van der Waals surface area contributed by atoms with Crippen LogP contribution in [0.3, 0.4) is 0 Å². The quantitative estimate of drug-likeness (QED) is 0.699. The third-order valence-corrected chi connectivity index (χ3v) is 3.08. The van der Waals surface area contributed by atoms with Gasteiger partial charge in [-0.05, 0) is 13.8 Å². The molecular formula is C12H16N4O5. The normalized spacial score (nSPS) is 19.8. The van der Waals surface area contributed by atoms with Crippen LogP contribution in [0.2, 0.25) is 0 Å². The zero-order chi connectivity index (χ0) is 15.6. The van der Waals surface area contributed by atoms with Crippen molar-refractivity contribution in [2.75, 3.05) is 13.1 Å². The highest BCUT2D eigenvalue weighted by molar-refractivity contribution is 5.90. The molecule has 0 saturated carbocycles. The maximum absolute atomic E-state index is 12.2. The predicted molar refractivity (Wildman–Crippen MR) is 69.3 cm³/mol. The molecule has 1 aromatic rings. The average Bonchev–Trinajstić information content (AvgIpc) is 2.85. The van der Waals surface area contributed by atoms with E-state index in [9.17, 15) is 14.4 Å². The van der Waals surface area contributed by atoms with Crippen molar-refractivity contribution < 1.29 is 23.9 Å². The molecule has 0 radical (unpaired) electrons. The van der Waals surface area contributed by atoms with Gasteiger partial charge in [-0.1, -0.05) is 0 Å². The molecule has 2 heterocycles. The van der Waals surface area contributed by atoms with Gasteiger partial charge < -0.3 is 20.2 Å². The van der Waals surface area contributed by atoms with Crippen LogP contribution in [0.5, 0.6) is 0 Å². The lowest BCUT2D eigenvalue weighted by molar-refractivity contribution is -0.144. The molecule has 3 N–H and O–H groups in total. The van der Waals surface area contributed by atoms with E-state index in [0.29, 0.717) is 11.7 Å². The summed E-state index contributed by atoms with van der Waals surface area (Å²) in [5, 5.41) is 14.1. The van der Waals surface area contributed by atoms with Gasteiger partial charge >= 0.3 is 12.0 Å². The van der Waals surface area contributed by atoms with Gasteiger partial charge in [0.05, 0.1) is 6.20 Å². The van der Waals surface area contributed by atoms with Gasteiger partial charge in [0.1, 0.15) is 24.4 Å². The number of aryl methyl sites for hydroxylation is 1. The smallest absolute Gasteiger partial charge is 0.328 e. The molecule has 0 spiro atoms. The fourth-order valence-electron chi connectivity index (χ4n) is 1.98. The van der Waals surface area contributed by atoms with E-state index in [1.165, 1.54) is 6.20 Å². The second-order valence-corrected chi connectivity index (χ2v) is 4.77. The monoisotopic (exact) mass is 296 g/mol. The zero-order valence-electron chi connectivity index (χ0n) is 11.6. The van der Waals surface area contributed by atoms with Crippen molar-refractivity contribution in [1.82, 2.24) is 20.5 Å². The molecule has 1 fully saturated rings. The van der Waals surface area contributed by atoms with Gasteiger partial charge in [0.25, 0.3) is 0 Å². The number of nitrogens with one attached hydrogen (secondary N) is 2. The molecule has 1 saturated heterocycles. The third-order valence-electron chi connectivity index (χ3n) is 3.08. The van der Waals surface area contributed by atoms with E-state index < -0.39 is 30.0 Å². The first-order valence-electron chi connectivity index (χ1n) is 6.37. The van der Waals surface area contributed by atoms with Crippen LogP contribution in [-0.4, -0.2) is 52.0 Å². The standard InChI is InChI=1S/C12H16N4O5/c1-6-3-14-10(21-6)7(2)15-12(20)16-5-9(17)13-4-8(16)11(18)19/h3,7-8H,4-5H2,1-2H3,(H,13,17)(H,15,20)(H,18,19). The van der Waals surface area contributed by atoms with Crippen LogP contribution in [0.4, 0.5) is 4.79 Å². The molecule has 0 aromatic carbocycles. The molecule has 0 aliphatic carbocycles. The van der Waals surface area contributed by atoms with Gasteiger partial charge in [-0.15, -0.1) is 0 Å². The molecule has 0 bridgehead atoms. The number of carbonyl (C=O) groups excluding carboxylic acids is 2. The van der Waals surface area contributed by atoms with Gasteiger partial charge in [0.15, 0.2) is 0 Å². The van der Waals surface area contributed by atoms with Crippen LogP contribution in [0.1, 0.15) is 24.6 Å². The van der Waals surface area contributed by atoms with Crippen molar-refractivity contribution in [1.29, 1.82) is 0 Å². The SMILES string of the molecule is Cc1cnc(C(C)NC(=O)N2CC(=O)NCC2C(=O)O)o1. The number of carboxylic acids is 1. The zero-order valence-corrected chi connectivity index (χ0v) is 11.6. The Morgan fingerprint density at radius 1 is 1.62 bits per heavy atom. The molecule has 1 aromatic heterocycles. The largest absolute Gasteiger partial charge is 0.480 e. The fourth-order valence-corrected chi connectivity index (χ4v) is 1.98. The number of aliphatic carboxylic acids is 1. The predicted octanol–water partition coefficient (Wildman–Crippen LogP) is -0.361. The number of hydrogen-bond donors (Lipinski definition) is 3. The Hall–Kier alpha value is -2.58. The number of hydrogen-bond acceptors (Lipinski definition) is 5. The molecule has 1 aliphatic rings. The Kier molecular flexibility index (Phi) is 4.10. The first-order valence-corrected chi connectivity index (χ1v) is 6.37. The molecule has 1 aliphatic heterocycles. The minimum Gasteiger partial charge on any atom is -0.480 e. The van der Waals surface area contributed by atoms with Gasteiger partial charge in [0, 0.05) is 6.54 Å². The Bertz CT molecular complexity index is 570. The highest BCUT2D eigenvalue weighted by Gasteiger charge is 2.35. The van der Waals surface area contributed by atoms with Crippen LogP contribution in [0.15, 0.2) is 10.6 Å². The Labute approximate surface area is 120 Å². The minimum atomic E-state index is -1.18. The molecule has 21 heavy (non-hydrogen) atoms. The Morgan fingerprint density at radius 3 is 2.90 bits per heavy atom. The van der Waals surface area contributed by atoms with Crippen molar-refractivity contribution >= 4 is 17.9 Å². The van der Waals surface area contributed by atoms with Crippen molar-refractivity contribution in [2.45, 2.75) is 25.9 Å². The van der Waals surface area contributed by atoms with E-state index in [1.807, 2.05) is 0 Å². The summed E-state index contributed by atoms with van der Waals surface area (Å²) in [4.78, 5) is 39.6. The molecule has 2 atom stereocenters. The number of carboxylic acid groups (broad SMARTS) is 1. The van der Waals surface area contributed by atoms with Gasteiger partial charge in [0.2, 0.25) is 11.8 Å². The van der Waals surface area contributed by atoms with E-state index in [4.69, 9.17) is 9.52 Å². The fraction of sp³-hybridized carbons (Fsp3) is 0.500. The number of aromatic nitrogens is 1. The summed E-state index contributed by atoms with van der Waals surface area (Å²) >= 11 is 0. The molecule has 114 valence electrons. The summed E-state index contributed by atoms with van der Waals surface area (Å²) in [5.74, 6) is -0.659. The van der Waals surface area contributed by atoms with Crippen LogP contribution in [0.25, 0.3) is 0 Å². The maximum Gasteiger partial charge on any atom is 0.328 e. The summed E-state index contributed by atoms with van der Waals surface area (Å²) in [6.45, 7) is 2.96. The summed E-state index contributed by atoms with van der Waals surface area (Å²) in [5.41, 5.74) is 0. The number of piperazine rings is 1. The van der Waals surface area contributed by atoms with Crippen LogP contribution < -0.4 is 10.6 Å². The average molecular weight is 296 g/mol. The molecule has 9 nitrogen and oxygen atoms in total. The molecule has 3 amide bonds. The van der Waals surface area contributed by atoms with Crippen molar-refractivity contribution in [3.05, 3.63) is 17.8 Å². The minimum absolute atomic E-state index is 0.117. The van der Waals surface area contributed by atoms with Crippen LogP contribution in [-0.2, 0) is 9.59 Å². The lowest BCUT2D eigenvalue weighted by Crippen LogP contribution is -2.61. The second kappa shape index (κ2) is 5.81. The molecular weight excluding hydrogens is 280 g/mol. The number of nitrogens with zero attached hydrogens (tertiary/aromatic N) is 2. The molecule has 9 heteroatoms. The number of rotatable bonds is 3. The second-order valence-electron chi connectivity index (χ2n) is 4.77. The highest BCUT2D eigenvalue weighted by atomic mass is 16.4. The summed E-state index contributed by atoms with van der Waals surface area (Å²) < 4.78 is 5.29. The van der Waals surface area contributed by atoms with Crippen molar-refractivity contribution in [3.8, 4) is 0 Å². The van der Waals surface area contributed by atoms with Gasteiger partial charge in [-0.2, -0.15) is 0 Å². The number of urea groups is 1. The van der Waals surface area contributed by atoms with Crippen LogP contribution >= 0.6 is 0 Å². The lowest BCUT2D eigenvalue weighted by atomic mass is 10.2. The van der Waals surface area contributed by atoms with E-state index in [1.54, 1.807) is 13.8 Å². The first kappa shape index (κ1) is 14.8. The van der Waals surface area contributed by atoms with Crippen LogP contribution in [0, 0.1) is 6.92 Å². The van der Waals surface area contributed by atoms with Gasteiger partial charge in [-0.3, -0.25) is 9.69 Å². The number of oxazole rings is 1. The van der Waals surface area contributed by atoms with Crippen molar-refractivity contribution in [3.63, 3.8) is 0 Å². The van der Waals surface area contributed by atoms with E-state index >= 15 is 0 Å². The lowest BCUT2D eigenvalue weighted by Gasteiger charge is -2.33. The molecule has 2 unspecified atom stereocenters. The Balaban J connectivity index is 2.06. The maximum atomic E-state index is 12.2. The first-order chi connectivity index (χ1) is 9.88. The van der Waals surface area contributed by atoms with E-state index in [0.717, 1.165) is 4.90 Å². The molecule has 2 rings (SSSR count). The number of carbonyl (C=O) groups is 3. The van der Waals surface area contributed by atoms with E-state index in [2.05, 4.69) is 15.6 Å². The highest BCUT2D eigenvalue weighted by Crippen LogP contribution is 2.13.